The van der Waals surface area contributed by atoms with Crippen LogP contribution in [0, 0.1) is 0 Å². The first-order valence-corrected chi connectivity index (χ1v) is 13.2. The molecule has 1 aromatic carbocycles. The van der Waals surface area contributed by atoms with E-state index in [2.05, 4.69) is 15.6 Å². The molecule has 2 amide bonds. The van der Waals surface area contributed by atoms with E-state index in [1.54, 1.807) is 32.9 Å². The summed E-state index contributed by atoms with van der Waals surface area (Å²) in [6.45, 7) is 6.81. The topological polar surface area (TPSA) is 130 Å². The molecule has 1 fully saturated rings. The maximum absolute atomic E-state index is 13.7. The van der Waals surface area contributed by atoms with Crippen LogP contribution in [0.1, 0.15) is 20.8 Å². The van der Waals surface area contributed by atoms with Crippen LogP contribution >= 0.6 is 11.6 Å². The van der Waals surface area contributed by atoms with Gasteiger partial charge in [-0.15, -0.1) is 0 Å². The highest BCUT2D eigenvalue weighted by atomic mass is 35.5. The lowest BCUT2D eigenvalue weighted by atomic mass is 10.2. The minimum Gasteiger partial charge on any atom is -0.470 e. The van der Waals surface area contributed by atoms with Crippen molar-refractivity contribution in [2.24, 2.45) is 0 Å². The van der Waals surface area contributed by atoms with Gasteiger partial charge in [0, 0.05) is 24.7 Å². The van der Waals surface area contributed by atoms with Gasteiger partial charge in [0.05, 0.1) is 29.9 Å². The molecule has 1 saturated heterocycles. The van der Waals surface area contributed by atoms with Gasteiger partial charge < -0.3 is 14.8 Å². The first kappa shape index (κ1) is 26.0. The predicted octanol–water partition coefficient (Wildman–Crippen LogP) is 2.47. The van der Waals surface area contributed by atoms with Crippen LogP contribution in [0.15, 0.2) is 41.4 Å². The molecule has 4 rings (SSSR count). The van der Waals surface area contributed by atoms with Crippen molar-refractivity contribution in [2.75, 3.05) is 42.3 Å². The van der Waals surface area contributed by atoms with E-state index >= 15 is 0 Å². The van der Waals surface area contributed by atoms with Gasteiger partial charge in [-0.1, -0.05) is 17.7 Å². The number of carbonyl (C=O) groups is 2. The summed E-state index contributed by atoms with van der Waals surface area (Å²) >= 11 is 6.07. The van der Waals surface area contributed by atoms with Gasteiger partial charge in [0.2, 0.25) is 11.8 Å². The second-order valence-electron chi connectivity index (χ2n) is 9.49. The number of halogens is 1. The van der Waals surface area contributed by atoms with Gasteiger partial charge in [0.15, 0.2) is 0 Å². The monoisotopic (exact) mass is 537 g/mol. The summed E-state index contributed by atoms with van der Waals surface area (Å²) in [5.74, 6) is -0.00935. The average molecular weight is 538 g/mol. The third-order valence-electron chi connectivity index (χ3n) is 5.36. The Kier molecular flexibility index (Phi) is 7.30. The molecule has 36 heavy (non-hydrogen) atoms. The number of pyridine rings is 1. The fourth-order valence-electron chi connectivity index (χ4n) is 3.89. The largest absolute Gasteiger partial charge is 0.470 e. The van der Waals surface area contributed by atoms with Gasteiger partial charge in [-0.2, -0.15) is 0 Å². The quantitative estimate of drug-likeness (QED) is 0.595. The van der Waals surface area contributed by atoms with Gasteiger partial charge in [-0.3, -0.25) is 19.3 Å². The minimum atomic E-state index is -4.07. The summed E-state index contributed by atoms with van der Waals surface area (Å²) in [4.78, 5) is 30.2. The maximum atomic E-state index is 13.7. The molecule has 2 aliphatic heterocycles. The van der Waals surface area contributed by atoms with E-state index in [9.17, 15) is 18.0 Å². The molecular weight excluding hydrogens is 510 g/mol. The molecule has 2 aromatic rings. The highest BCUT2D eigenvalue weighted by molar-refractivity contribution is 7.92. The van der Waals surface area contributed by atoms with Crippen LogP contribution in [-0.4, -0.2) is 74.7 Å². The lowest BCUT2D eigenvalue weighted by molar-refractivity contribution is -0.124. The first-order valence-electron chi connectivity index (χ1n) is 11.3. The Hall–Kier alpha value is -3.09. The normalized spacial score (nSPS) is 18.6. The van der Waals surface area contributed by atoms with Gasteiger partial charge in [0.1, 0.15) is 17.4 Å². The zero-order valence-corrected chi connectivity index (χ0v) is 21.7. The third kappa shape index (κ3) is 6.18. The smallest absolute Gasteiger partial charge is 0.412 e. The van der Waals surface area contributed by atoms with E-state index in [1.165, 1.54) is 28.7 Å². The van der Waals surface area contributed by atoms with Crippen LogP contribution in [0.5, 0.6) is 5.88 Å². The third-order valence-corrected chi connectivity index (χ3v) is 7.37. The molecule has 1 aromatic heterocycles. The number of sulfonamides is 1. The van der Waals surface area contributed by atoms with Crippen molar-refractivity contribution < 1.29 is 27.5 Å². The highest BCUT2D eigenvalue weighted by Crippen LogP contribution is 2.37. The number of carbonyl (C=O) groups excluding carboxylic acids is 2. The van der Waals surface area contributed by atoms with Crippen molar-refractivity contribution in [3.63, 3.8) is 0 Å². The van der Waals surface area contributed by atoms with Gasteiger partial charge >= 0.3 is 6.09 Å². The summed E-state index contributed by atoms with van der Waals surface area (Å²) in [7, 11) is -4.07. The Morgan fingerprint density at radius 2 is 2.11 bits per heavy atom. The van der Waals surface area contributed by atoms with Crippen molar-refractivity contribution in [3.8, 4) is 5.88 Å². The highest BCUT2D eigenvalue weighted by Gasteiger charge is 2.37. The van der Waals surface area contributed by atoms with Crippen molar-refractivity contribution in [1.29, 1.82) is 0 Å². The zero-order valence-electron chi connectivity index (χ0n) is 20.2. The van der Waals surface area contributed by atoms with Crippen LogP contribution in [0.3, 0.4) is 0 Å². The number of hydrogen-bond donors (Lipinski definition) is 2. The number of fused-ring (bicyclic) bond motifs is 1. The number of benzene rings is 1. The average Bonchev–Trinajstić information content (AvgIpc) is 2.77. The molecule has 1 unspecified atom stereocenters. The SMILES string of the molecule is CC(C)(C)OC(=O)Nc1cnc2c(c1)N(S(=O)(=O)c1cccc(Cl)c1)CC(CN1CCNC(=O)C1)O2. The van der Waals surface area contributed by atoms with Crippen molar-refractivity contribution in [1.82, 2.24) is 15.2 Å². The molecule has 2 N–H and O–H groups in total. The second kappa shape index (κ2) is 10.1. The van der Waals surface area contributed by atoms with E-state index in [0.29, 0.717) is 19.6 Å². The summed E-state index contributed by atoms with van der Waals surface area (Å²) in [6.07, 6.45) is 0.0740. The molecule has 194 valence electrons. The molecule has 0 spiro atoms. The van der Waals surface area contributed by atoms with E-state index in [-0.39, 0.29) is 46.2 Å². The lowest BCUT2D eigenvalue weighted by Crippen LogP contribution is -2.54. The van der Waals surface area contributed by atoms with Crippen LogP contribution in [0.25, 0.3) is 0 Å². The standard InChI is InChI=1S/C23H28ClN5O6S/c1-23(2,3)35-22(31)27-16-10-19-21(26-11-16)34-17(12-28-8-7-25-20(30)14-28)13-29(19)36(32,33)18-6-4-5-15(24)9-18/h4-6,9-11,17H,7-8,12-14H2,1-3H3,(H,25,30)(H,27,31). The molecule has 0 saturated carbocycles. The number of aromatic nitrogens is 1. The fraction of sp³-hybridized carbons (Fsp3) is 0.435. The molecule has 0 aliphatic carbocycles. The fourth-order valence-corrected chi connectivity index (χ4v) is 5.68. The number of hydrogen-bond acceptors (Lipinski definition) is 8. The molecule has 2 aliphatic rings. The molecule has 13 heteroatoms. The Morgan fingerprint density at radius 1 is 1.33 bits per heavy atom. The van der Waals surface area contributed by atoms with E-state index < -0.39 is 27.8 Å². The first-order chi connectivity index (χ1) is 16.9. The van der Waals surface area contributed by atoms with Crippen molar-refractivity contribution in [3.05, 3.63) is 41.6 Å². The number of piperazine rings is 1. The second-order valence-corrected chi connectivity index (χ2v) is 11.8. The van der Waals surface area contributed by atoms with E-state index in [0.717, 1.165) is 0 Å². The molecule has 3 heterocycles. The molecule has 0 bridgehead atoms. The summed E-state index contributed by atoms with van der Waals surface area (Å²) in [5.41, 5.74) is -0.310. The van der Waals surface area contributed by atoms with Crippen molar-refractivity contribution >= 4 is 45.0 Å². The lowest BCUT2D eigenvalue weighted by Gasteiger charge is -2.37. The van der Waals surface area contributed by atoms with Crippen LogP contribution in [0.2, 0.25) is 5.02 Å². The Labute approximate surface area is 214 Å². The van der Waals surface area contributed by atoms with E-state index in [1.807, 2.05) is 4.90 Å². The number of anilines is 2. The Balaban J connectivity index is 1.66. The zero-order chi connectivity index (χ0) is 26.1. The molecular formula is C23H28ClN5O6S. The number of ether oxygens (including phenoxy) is 2. The maximum Gasteiger partial charge on any atom is 0.412 e. The Morgan fingerprint density at radius 3 is 2.81 bits per heavy atom. The summed E-state index contributed by atoms with van der Waals surface area (Å²) in [5, 5.41) is 5.62. The Bertz CT molecular complexity index is 1270. The molecule has 1 atom stereocenters. The van der Waals surface area contributed by atoms with Gasteiger partial charge in [0.25, 0.3) is 10.0 Å². The van der Waals surface area contributed by atoms with Crippen LogP contribution < -0.4 is 19.7 Å². The number of amides is 2. The molecule has 11 nitrogen and oxygen atoms in total. The van der Waals surface area contributed by atoms with Crippen LogP contribution in [-0.2, 0) is 19.6 Å². The summed E-state index contributed by atoms with van der Waals surface area (Å²) in [6, 6.07) is 7.43. The van der Waals surface area contributed by atoms with Gasteiger partial charge in [-0.05, 0) is 45.0 Å². The predicted molar refractivity (Wildman–Crippen MR) is 134 cm³/mol. The van der Waals surface area contributed by atoms with Crippen LogP contribution in [0.4, 0.5) is 16.2 Å². The van der Waals surface area contributed by atoms with Crippen molar-refractivity contribution in [2.45, 2.75) is 37.4 Å². The number of nitrogens with one attached hydrogen (secondary N) is 2. The number of nitrogens with zero attached hydrogens (tertiary/aromatic N) is 3. The minimum absolute atomic E-state index is 0.00412. The molecule has 0 radical (unpaired) electrons. The summed E-state index contributed by atoms with van der Waals surface area (Å²) < 4.78 is 39.9. The van der Waals surface area contributed by atoms with E-state index in [4.69, 9.17) is 21.1 Å². The number of rotatable bonds is 5. The van der Waals surface area contributed by atoms with Gasteiger partial charge in [-0.25, -0.2) is 18.2 Å².